The van der Waals surface area contributed by atoms with E-state index >= 15 is 0 Å². The molecule has 0 aromatic heterocycles. The van der Waals surface area contributed by atoms with Gasteiger partial charge in [0.15, 0.2) is 0 Å². The first-order chi connectivity index (χ1) is 10.5. The van der Waals surface area contributed by atoms with Gasteiger partial charge < -0.3 is 4.74 Å². The first kappa shape index (κ1) is 16.5. The Labute approximate surface area is 147 Å². The van der Waals surface area contributed by atoms with Crippen molar-refractivity contribution in [2.75, 3.05) is 0 Å². The van der Waals surface area contributed by atoms with Crippen LogP contribution in [-0.4, -0.2) is 12.1 Å². The van der Waals surface area contributed by atoms with Gasteiger partial charge in [-0.05, 0) is 65.8 Å². The average molecular weight is 414 g/mol. The molecule has 0 amide bonds. The third kappa shape index (κ3) is 2.78. The number of carbonyl (C=O) groups excluding carboxylic acids is 1. The fraction of sp³-hybridized carbons (Fsp3) is 0.737. The molecule has 1 unspecified atom stereocenters. The molecule has 0 bridgehead atoms. The fourth-order valence-electron chi connectivity index (χ4n) is 5.49. The lowest BCUT2D eigenvalue weighted by Crippen LogP contribution is -2.36. The van der Waals surface area contributed by atoms with Gasteiger partial charge in [-0.15, -0.1) is 0 Å². The Balaban J connectivity index is 1.69. The van der Waals surface area contributed by atoms with Crippen molar-refractivity contribution in [3.8, 4) is 0 Å². The Kier molecular flexibility index (Phi) is 4.73. The van der Waals surface area contributed by atoms with E-state index in [9.17, 15) is 4.79 Å². The van der Waals surface area contributed by atoms with Gasteiger partial charge in [-0.2, -0.15) is 0 Å². The van der Waals surface area contributed by atoms with Crippen molar-refractivity contribution in [3.63, 3.8) is 0 Å². The first-order valence-corrected chi connectivity index (χ1v) is 9.88. The molecule has 3 heteroatoms. The second kappa shape index (κ2) is 6.29. The minimum Gasteiger partial charge on any atom is -0.459 e. The third-order valence-electron chi connectivity index (χ3n) is 6.54. The summed E-state index contributed by atoms with van der Waals surface area (Å²) in [5.41, 5.74) is 2.79. The molecule has 0 N–H and O–H groups in total. The standard InChI is InChI=1S/C19H27IO2/c1-12(9-15-10-13(2)18(21)22-15)16-6-7-17-14(11-20)5-4-8-19(16,17)3/h11-12,15-17H,2,4-10H2,1,3H3/b14-11+/t12-,15-,16-,17?,19-/m1/s1. The summed E-state index contributed by atoms with van der Waals surface area (Å²) in [5, 5.41) is 0. The number of esters is 1. The lowest BCUT2D eigenvalue weighted by molar-refractivity contribution is -0.139. The lowest BCUT2D eigenvalue weighted by Gasteiger charge is -2.44. The molecular formula is C19H27IO2. The summed E-state index contributed by atoms with van der Waals surface area (Å²) in [6.45, 7) is 8.70. The highest BCUT2D eigenvalue weighted by molar-refractivity contribution is 14.1. The quantitative estimate of drug-likeness (QED) is 0.350. The smallest absolute Gasteiger partial charge is 0.333 e. The highest BCUT2D eigenvalue weighted by atomic mass is 127. The number of fused-ring (bicyclic) bond motifs is 1. The van der Waals surface area contributed by atoms with Gasteiger partial charge in [0.2, 0.25) is 0 Å². The molecule has 1 saturated heterocycles. The zero-order chi connectivity index (χ0) is 15.9. The van der Waals surface area contributed by atoms with E-state index in [0.29, 0.717) is 16.9 Å². The van der Waals surface area contributed by atoms with E-state index < -0.39 is 0 Å². The summed E-state index contributed by atoms with van der Waals surface area (Å²) < 4.78 is 7.81. The minimum atomic E-state index is -0.180. The highest BCUT2D eigenvalue weighted by Gasteiger charge is 2.51. The molecule has 2 nitrogen and oxygen atoms in total. The van der Waals surface area contributed by atoms with Crippen molar-refractivity contribution in [2.24, 2.45) is 23.2 Å². The van der Waals surface area contributed by atoms with Crippen LogP contribution in [0, 0.1) is 23.2 Å². The normalized spacial score (nSPS) is 41.6. The molecule has 3 rings (SSSR count). The zero-order valence-corrected chi connectivity index (χ0v) is 15.9. The molecule has 3 aliphatic rings. The third-order valence-corrected chi connectivity index (χ3v) is 7.34. The number of hydrogen-bond acceptors (Lipinski definition) is 2. The molecule has 22 heavy (non-hydrogen) atoms. The van der Waals surface area contributed by atoms with Crippen LogP contribution in [0.1, 0.15) is 58.8 Å². The molecule has 2 aliphatic carbocycles. The Morgan fingerprint density at radius 2 is 2.27 bits per heavy atom. The number of hydrogen-bond donors (Lipinski definition) is 0. The number of allylic oxidation sites excluding steroid dienone is 1. The average Bonchev–Trinajstić information content (AvgIpc) is 2.98. The molecule has 3 fully saturated rings. The zero-order valence-electron chi connectivity index (χ0n) is 13.7. The van der Waals surface area contributed by atoms with Crippen LogP contribution in [0.3, 0.4) is 0 Å². The molecular weight excluding hydrogens is 387 g/mol. The molecule has 2 saturated carbocycles. The van der Waals surface area contributed by atoms with E-state index in [2.05, 4.69) is 47.1 Å². The van der Waals surface area contributed by atoms with Crippen molar-refractivity contribution in [3.05, 3.63) is 21.8 Å². The SMILES string of the molecule is C=C1C[C@@H](C[C@@H](C)[C@H]2CCC3/C(=C/I)CCC[C@@]32C)OC1=O. The number of rotatable bonds is 3. The van der Waals surface area contributed by atoms with Gasteiger partial charge in [0, 0.05) is 12.0 Å². The van der Waals surface area contributed by atoms with Gasteiger partial charge in [0.1, 0.15) is 6.10 Å². The van der Waals surface area contributed by atoms with Crippen molar-refractivity contribution in [1.82, 2.24) is 0 Å². The van der Waals surface area contributed by atoms with Crippen molar-refractivity contribution in [2.45, 2.75) is 64.9 Å². The van der Waals surface area contributed by atoms with Crippen LogP contribution in [0.4, 0.5) is 0 Å². The van der Waals surface area contributed by atoms with Crippen LogP contribution in [0.5, 0.6) is 0 Å². The van der Waals surface area contributed by atoms with Crippen molar-refractivity contribution < 1.29 is 9.53 Å². The van der Waals surface area contributed by atoms with E-state index in [-0.39, 0.29) is 12.1 Å². The largest absolute Gasteiger partial charge is 0.459 e. The van der Waals surface area contributed by atoms with E-state index in [1.54, 1.807) is 5.57 Å². The number of cyclic esters (lactones) is 1. The molecule has 1 aliphatic heterocycles. The predicted molar refractivity (Wildman–Crippen MR) is 97.7 cm³/mol. The van der Waals surface area contributed by atoms with Gasteiger partial charge in [-0.1, -0.05) is 48.6 Å². The van der Waals surface area contributed by atoms with Gasteiger partial charge in [0.05, 0.1) is 0 Å². The molecule has 0 spiro atoms. The van der Waals surface area contributed by atoms with Gasteiger partial charge in [-0.3, -0.25) is 0 Å². The van der Waals surface area contributed by atoms with Gasteiger partial charge >= 0.3 is 5.97 Å². The minimum absolute atomic E-state index is 0.0702. The maximum Gasteiger partial charge on any atom is 0.333 e. The first-order valence-electron chi connectivity index (χ1n) is 8.63. The molecule has 122 valence electrons. The molecule has 1 heterocycles. The maximum absolute atomic E-state index is 11.5. The molecule has 0 aromatic rings. The Bertz CT molecular complexity index is 494. The van der Waals surface area contributed by atoms with E-state index in [0.717, 1.165) is 24.7 Å². The van der Waals surface area contributed by atoms with E-state index in [4.69, 9.17) is 4.74 Å². The van der Waals surface area contributed by atoms with Crippen LogP contribution in [0.2, 0.25) is 0 Å². The maximum atomic E-state index is 11.5. The highest BCUT2D eigenvalue weighted by Crippen LogP contribution is 2.60. The topological polar surface area (TPSA) is 26.3 Å². The van der Waals surface area contributed by atoms with Crippen LogP contribution in [-0.2, 0) is 9.53 Å². The van der Waals surface area contributed by atoms with E-state index in [1.807, 2.05) is 0 Å². The molecule has 0 radical (unpaired) electrons. The van der Waals surface area contributed by atoms with Crippen molar-refractivity contribution in [1.29, 1.82) is 0 Å². The number of ether oxygens (including phenoxy) is 1. The van der Waals surface area contributed by atoms with Crippen LogP contribution in [0.15, 0.2) is 21.8 Å². The summed E-state index contributed by atoms with van der Waals surface area (Å²) in [6.07, 6.45) is 8.47. The predicted octanol–water partition coefficient (Wildman–Crippen LogP) is 5.42. The molecule has 5 atom stereocenters. The summed E-state index contributed by atoms with van der Waals surface area (Å²) in [5.74, 6) is 1.98. The monoisotopic (exact) mass is 414 g/mol. The summed E-state index contributed by atoms with van der Waals surface area (Å²) in [6, 6.07) is 0. The van der Waals surface area contributed by atoms with Gasteiger partial charge in [0.25, 0.3) is 0 Å². The van der Waals surface area contributed by atoms with Gasteiger partial charge in [-0.25, -0.2) is 4.79 Å². The summed E-state index contributed by atoms with van der Waals surface area (Å²) in [4.78, 5) is 11.5. The van der Waals surface area contributed by atoms with Crippen molar-refractivity contribution >= 4 is 28.6 Å². The lowest BCUT2D eigenvalue weighted by atomic mass is 9.61. The second-order valence-corrected chi connectivity index (χ2v) is 8.45. The number of halogens is 1. The Hall–Kier alpha value is -0.320. The van der Waals surface area contributed by atoms with Crippen LogP contribution in [0.25, 0.3) is 0 Å². The summed E-state index contributed by atoms with van der Waals surface area (Å²) >= 11 is 2.43. The number of carbonyl (C=O) groups is 1. The van der Waals surface area contributed by atoms with Crippen LogP contribution < -0.4 is 0 Å². The fourth-order valence-corrected chi connectivity index (χ4v) is 6.24. The Morgan fingerprint density at radius 1 is 1.50 bits per heavy atom. The molecule has 0 aromatic carbocycles. The van der Waals surface area contributed by atoms with Crippen LogP contribution >= 0.6 is 22.6 Å². The van der Waals surface area contributed by atoms with E-state index in [1.165, 1.54) is 32.1 Å². The second-order valence-electron chi connectivity index (χ2n) is 7.83. The summed E-state index contributed by atoms with van der Waals surface area (Å²) in [7, 11) is 0. The Morgan fingerprint density at radius 3 is 2.91 bits per heavy atom.